The minimum atomic E-state index is -0.916. The molecule has 3 saturated heterocycles. The molecule has 0 radical (unpaired) electrons. The maximum Gasteiger partial charge on any atom is 0.120 e. The lowest BCUT2D eigenvalue weighted by Gasteiger charge is -2.48. The molecule has 1 aromatic heterocycles. The van der Waals surface area contributed by atoms with Crippen LogP contribution in [0.25, 0.3) is 10.9 Å². The Morgan fingerprint density at radius 1 is 1.32 bits per heavy atom. The summed E-state index contributed by atoms with van der Waals surface area (Å²) in [6.45, 7) is 3.75. The van der Waals surface area contributed by atoms with E-state index in [4.69, 9.17) is 9.84 Å². The molecule has 6 nitrogen and oxygen atoms in total. The zero-order chi connectivity index (χ0) is 19.7. The fourth-order valence-electron chi connectivity index (χ4n) is 4.54. The normalized spacial score (nSPS) is 27.9. The van der Waals surface area contributed by atoms with Gasteiger partial charge in [0.05, 0.1) is 18.2 Å². The van der Waals surface area contributed by atoms with Crippen molar-refractivity contribution in [3.63, 3.8) is 0 Å². The van der Waals surface area contributed by atoms with Gasteiger partial charge >= 0.3 is 0 Å². The number of rotatable bonds is 6. The number of fused-ring (bicyclic) bond motifs is 4. The molecule has 3 aliphatic heterocycles. The molecule has 2 bridgehead atoms. The van der Waals surface area contributed by atoms with Crippen LogP contribution >= 0.6 is 0 Å². The van der Waals surface area contributed by atoms with Gasteiger partial charge in [0.1, 0.15) is 18.5 Å². The average Bonchev–Trinajstić information content (AvgIpc) is 2.76. The first-order valence-electron chi connectivity index (χ1n) is 9.98. The molecule has 5 atom stereocenters. The Kier molecular flexibility index (Phi) is 5.64. The molecule has 28 heavy (non-hydrogen) atoms. The van der Waals surface area contributed by atoms with Gasteiger partial charge in [0.2, 0.25) is 0 Å². The molecule has 5 rings (SSSR count). The van der Waals surface area contributed by atoms with E-state index in [1.54, 1.807) is 12.3 Å². The van der Waals surface area contributed by atoms with Crippen LogP contribution in [0.3, 0.4) is 0 Å². The van der Waals surface area contributed by atoms with Gasteiger partial charge in [0.15, 0.2) is 0 Å². The first-order chi connectivity index (χ1) is 13.6. The summed E-state index contributed by atoms with van der Waals surface area (Å²) < 4.78 is 5.59. The molecule has 1 unspecified atom stereocenters. The van der Waals surface area contributed by atoms with E-state index < -0.39 is 12.2 Å². The highest BCUT2D eigenvalue weighted by atomic mass is 16.5. The van der Waals surface area contributed by atoms with Gasteiger partial charge in [-0.05, 0) is 62.1 Å². The molecule has 0 aliphatic carbocycles. The molecule has 3 aliphatic rings. The van der Waals surface area contributed by atoms with Crippen molar-refractivity contribution in [2.75, 3.05) is 26.3 Å². The van der Waals surface area contributed by atoms with Crippen LogP contribution < -0.4 is 4.74 Å². The van der Waals surface area contributed by atoms with Gasteiger partial charge in [-0.2, -0.15) is 0 Å². The van der Waals surface area contributed by atoms with E-state index in [1.165, 1.54) is 12.0 Å². The molecule has 0 amide bonds. The third-order valence-corrected chi connectivity index (χ3v) is 6.12. The SMILES string of the molecule is C/C=C1\CN2CC[C@@H]1C[C@@H]2[C@H](O)c1ccnc2ccc(OC[C@H](O)CO)cc12. The second-order valence-electron chi connectivity index (χ2n) is 7.79. The largest absolute Gasteiger partial charge is 0.491 e. The van der Waals surface area contributed by atoms with E-state index in [2.05, 4.69) is 22.9 Å². The maximum atomic E-state index is 11.3. The standard InChI is InChI=1S/C22H28N2O4/c1-2-14-11-24-8-6-15(14)9-21(24)22(27)18-5-7-23-20-4-3-17(10-19(18)20)28-13-16(26)12-25/h2-5,7,10,15-16,21-22,25-27H,6,8-9,11-13H2,1H3/b14-2+/t15-,16-,21-,22-/m1/s1. The van der Waals surface area contributed by atoms with Crippen molar-refractivity contribution in [3.8, 4) is 5.75 Å². The molecular formula is C22H28N2O4. The summed E-state index contributed by atoms with van der Waals surface area (Å²) in [5.41, 5.74) is 3.15. The fourth-order valence-corrected chi connectivity index (χ4v) is 4.54. The lowest BCUT2D eigenvalue weighted by molar-refractivity contribution is -0.00340. The zero-order valence-electron chi connectivity index (χ0n) is 16.2. The molecule has 150 valence electrons. The van der Waals surface area contributed by atoms with E-state index in [1.807, 2.05) is 18.2 Å². The number of ether oxygens (including phenoxy) is 1. The molecule has 2 aromatic rings. The number of pyridine rings is 1. The number of benzene rings is 1. The van der Waals surface area contributed by atoms with Gasteiger partial charge in [-0.25, -0.2) is 0 Å². The Hall–Kier alpha value is -1.99. The number of aromatic nitrogens is 1. The Labute approximate surface area is 165 Å². The van der Waals surface area contributed by atoms with Crippen LogP contribution in [0.5, 0.6) is 5.75 Å². The number of aliphatic hydroxyl groups excluding tert-OH is 3. The van der Waals surface area contributed by atoms with Crippen molar-refractivity contribution in [1.82, 2.24) is 9.88 Å². The van der Waals surface area contributed by atoms with Gasteiger partial charge in [-0.3, -0.25) is 9.88 Å². The van der Waals surface area contributed by atoms with Crippen LogP contribution in [0.15, 0.2) is 42.1 Å². The molecule has 0 saturated carbocycles. The second kappa shape index (κ2) is 8.17. The molecule has 3 fully saturated rings. The van der Waals surface area contributed by atoms with Crippen molar-refractivity contribution in [1.29, 1.82) is 0 Å². The lowest BCUT2D eigenvalue weighted by atomic mass is 9.76. The van der Waals surface area contributed by atoms with Crippen LogP contribution in [-0.2, 0) is 0 Å². The molecular weight excluding hydrogens is 356 g/mol. The first kappa shape index (κ1) is 19.3. The Morgan fingerprint density at radius 3 is 2.89 bits per heavy atom. The molecule has 4 heterocycles. The predicted octanol–water partition coefficient (Wildman–Crippen LogP) is 2.04. The Bertz CT molecular complexity index is 869. The number of nitrogens with zero attached hydrogens (tertiary/aromatic N) is 2. The monoisotopic (exact) mass is 384 g/mol. The van der Waals surface area contributed by atoms with E-state index in [0.717, 1.165) is 36.0 Å². The van der Waals surface area contributed by atoms with Gasteiger partial charge < -0.3 is 20.1 Å². The zero-order valence-corrected chi connectivity index (χ0v) is 16.2. The highest BCUT2D eigenvalue weighted by Gasteiger charge is 2.40. The smallest absolute Gasteiger partial charge is 0.120 e. The number of allylic oxidation sites excluding steroid dienone is 1. The van der Waals surface area contributed by atoms with Crippen molar-refractivity contribution >= 4 is 10.9 Å². The maximum absolute atomic E-state index is 11.3. The summed E-state index contributed by atoms with van der Waals surface area (Å²) in [4.78, 5) is 6.81. The van der Waals surface area contributed by atoms with Gasteiger partial charge in [-0.1, -0.05) is 11.6 Å². The van der Waals surface area contributed by atoms with Crippen molar-refractivity contribution in [2.24, 2.45) is 5.92 Å². The summed E-state index contributed by atoms with van der Waals surface area (Å²) in [5.74, 6) is 1.16. The quantitative estimate of drug-likeness (QED) is 0.661. The van der Waals surface area contributed by atoms with Crippen molar-refractivity contribution < 1.29 is 20.1 Å². The molecule has 1 aromatic carbocycles. The van der Waals surface area contributed by atoms with Crippen molar-refractivity contribution in [3.05, 3.63) is 47.7 Å². The van der Waals surface area contributed by atoms with Crippen LogP contribution in [0.1, 0.15) is 31.4 Å². The van der Waals surface area contributed by atoms with Crippen LogP contribution in [0.4, 0.5) is 0 Å². The molecule has 3 N–H and O–H groups in total. The summed E-state index contributed by atoms with van der Waals surface area (Å²) in [7, 11) is 0. The Balaban J connectivity index is 1.61. The topological polar surface area (TPSA) is 86.1 Å². The third-order valence-electron chi connectivity index (χ3n) is 6.12. The minimum Gasteiger partial charge on any atom is -0.491 e. The number of piperidine rings is 3. The summed E-state index contributed by atoms with van der Waals surface area (Å²) >= 11 is 0. The van der Waals surface area contributed by atoms with Crippen LogP contribution in [0.2, 0.25) is 0 Å². The van der Waals surface area contributed by atoms with Crippen LogP contribution in [-0.4, -0.2) is 63.7 Å². The number of hydrogen-bond donors (Lipinski definition) is 3. The molecule has 0 spiro atoms. The third kappa shape index (κ3) is 3.65. The summed E-state index contributed by atoms with van der Waals surface area (Å²) in [5, 5.41) is 30.6. The van der Waals surface area contributed by atoms with Gasteiger partial charge in [0.25, 0.3) is 0 Å². The lowest BCUT2D eigenvalue weighted by Crippen LogP contribution is -2.52. The van der Waals surface area contributed by atoms with E-state index >= 15 is 0 Å². The minimum absolute atomic E-state index is 0.0182. The van der Waals surface area contributed by atoms with E-state index in [9.17, 15) is 10.2 Å². The average molecular weight is 384 g/mol. The highest BCUT2D eigenvalue weighted by molar-refractivity contribution is 5.84. The molecule has 6 heteroatoms. The van der Waals surface area contributed by atoms with E-state index in [-0.39, 0.29) is 19.3 Å². The summed E-state index contributed by atoms with van der Waals surface area (Å²) in [6, 6.07) is 7.50. The van der Waals surface area contributed by atoms with Gasteiger partial charge in [0, 0.05) is 24.2 Å². The first-order valence-corrected chi connectivity index (χ1v) is 9.98. The van der Waals surface area contributed by atoms with Crippen molar-refractivity contribution in [2.45, 2.75) is 38.0 Å². The predicted molar refractivity (Wildman–Crippen MR) is 107 cm³/mol. The van der Waals surface area contributed by atoms with E-state index in [0.29, 0.717) is 11.7 Å². The van der Waals surface area contributed by atoms with Crippen LogP contribution in [0, 0.1) is 5.92 Å². The number of aliphatic hydroxyl groups is 3. The fraction of sp³-hybridized carbons (Fsp3) is 0.500. The highest BCUT2D eigenvalue weighted by Crippen LogP contribution is 2.41. The Morgan fingerprint density at radius 2 is 2.18 bits per heavy atom. The summed E-state index contributed by atoms with van der Waals surface area (Å²) in [6.07, 6.45) is 4.61. The van der Waals surface area contributed by atoms with Gasteiger partial charge in [-0.15, -0.1) is 0 Å². The second-order valence-corrected chi connectivity index (χ2v) is 7.79. The number of hydrogen-bond acceptors (Lipinski definition) is 6.